The zero-order valence-electron chi connectivity index (χ0n) is 31.3. The number of benzene rings is 1. The summed E-state index contributed by atoms with van der Waals surface area (Å²) in [5.74, 6) is 7.68. The van der Waals surface area contributed by atoms with Crippen LogP contribution in [0.2, 0.25) is 0 Å². The molecule has 2 atom stereocenters. The Labute approximate surface area is 296 Å². The number of hydrogen-bond acceptors (Lipinski definition) is 5. The van der Waals surface area contributed by atoms with Crippen molar-refractivity contribution in [2.24, 2.45) is 0 Å². The van der Waals surface area contributed by atoms with Crippen LogP contribution in [0.15, 0.2) is 60.4 Å². The van der Waals surface area contributed by atoms with E-state index in [1.807, 2.05) is 53.7 Å². The smallest absolute Gasteiger partial charge is 0.262 e. The molecule has 266 valence electrons. The van der Waals surface area contributed by atoms with Gasteiger partial charge in [0.15, 0.2) is 0 Å². The van der Waals surface area contributed by atoms with E-state index >= 15 is 0 Å². The van der Waals surface area contributed by atoms with Crippen LogP contribution in [0.4, 0.5) is 5.69 Å². The van der Waals surface area contributed by atoms with Crippen LogP contribution in [0.25, 0.3) is 0 Å². The van der Waals surface area contributed by atoms with Crippen molar-refractivity contribution in [2.45, 2.75) is 112 Å². The summed E-state index contributed by atoms with van der Waals surface area (Å²) in [7, 11) is 0. The van der Waals surface area contributed by atoms with Gasteiger partial charge in [0.1, 0.15) is 0 Å². The summed E-state index contributed by atoms with van der Waals surface area (Å²) in [5.41, 5.74) is 4.62. The lowest BCUT2D eigenvalue weighted by Gasteiger charge is -2.32. The molecule has 3 heterocycles. The van der Waals surface area contributed by atoms with Gasteiger partial charge in [-0.05, 0) is 56.0 Å². The first kappa shape index (κ1) is 42.7. The maximum atomic E-state index is 13.5. The van der Waals surface area contributed by atoms with Gasteiger partial charge in [0.25, 0.3) is 11.8 Å². The molecule has 0 spiro atoms. The fourth-order valence-corrected chi connectivity index (χ4v) is 5.82. The van der Waals surface area contributed by atoms with Gasteiger partial charge in [0.05, 0.1) is 30.4 Å². The number of amides is 3. The second-order valence-corrected chi connectivity index (χ2v) is 11.5. The number of piperidine rings is 1. The van der Waals surface area contributed by atoms with Gasteiger partial charge in [-0.1, -0.05) is 92.0 Å². The highest BCUT2D eigenvalue weighted by Crippen LogP contribution is 2.38. The minimum Gasteiger partial charge on any atom is -0.378 e. The molecule has 7 nitrogen and oxygen atoms in total. The lowest BCUT2D eigenvalue weighted by molar-refractivity contribution is -0.121. The van der Waals surface area contributed by atoms with Crippen molar-refractivity contribution in [2.75, 3.05) is 31.2 Å². The second kappa shape index (κ2) is 23.1. The van der Waals surface area contributed by atoms with Gasteiger partial charge in [-0.15, -0.1) is 18.3 Å². The quantitative estimate of drug-likeness (QED) is 0.117. The minimum absolute atomic E-state index is 0.0874. The SMILES string of the molecule is C#CC(=C/C=C)/C(C)=C\C(C)c1cc2c(cc1N1CCOCC1)C(=O)N(C1CCC(=O)NC1=C)C2=O.CC.CC.CC#CCCCCCC. The molecule has 0 bridgehead atoms. The molecule has 3 amide bonds. The molecule has 0 aliphatic carbocycles. The number of fused-ring (bicyclic) bond motifs is 1. The number of imide groups is 1. The van der Waals surface area contributed by atoms with Crippen LogP contribution in [-0.4, -0.2) is 55.0 Å². The Kier molecular flexibility index (Phi) is 20.1. The van der Waals surface area contributed by atoms with Crippen molar-refractivity contribution in [1.29, 1.82) is 0 Å². The molecule has 0 radical (unpaired) electrons. The fraction of sp³-hybridized carbons (Fsp3) is 0.500. The Balaban J connectivity index is 0.000000794. The summed E-state index contributed by atoms with van der Waals surface area (Å²) in [6.45, 7) is 26.3. The summed E-state index contributed by atoms with van der Waals surface area (Å²) >= 11 is 0. The van der Waals surface area contributed by atoms with Gasteiger partial charge in [0.2, 0.25) is 5.91 Å². The molecule has 1 N–H and O–H groups in total. The van der Waals surface area contributed by atoms with Gasteiger partial charge in [-0.3, -0.25) is 19.3 Å². The predicted molar refractivity (Wildman–Crippen MR) is 204 cm³/mol. The number of nitrogens with zero attached hydrogens (tertiary/aromatic N) is 2. The molecule has 1 aromatic rings. The van der Waals surface area contributed by atoms with E-state index < -0.39 is 6.04 Å². The summed E-state index contributed by atoms with van der Waals surface area (Å²) in [4.78, 5) is 42.2. The van der Waals surface area contributed by atoms with E-state index in [0.717, 1.165) is 28.8 Å². The van der Waals surface area contributed by atoms with Crippen LogP contribution < -0.4 is 10.2 Å². The highest BCUT2D eigenvalue weighted by molar-refractivity contribution is 6.22. The third-order valence-corrected chi connectivity index (χ3v) is 8.26. The van der Waals surface area contributed by atoms with E-state index in [1.165, 1.54) is 30.6 Å². The van der Waals surface area contributed by atoms with E-state index in [2.05, 4.69) is 61.1 Å². The molecule has 3 aliphatic rings. The van der Waals surface area contributed by atoms with Crippen molar-refractivity contribution in [3.05, 3.63) is 77.1 Å². The van der Waals surface area contributed by atoms with Crippen molar-refractivity contribution in [3.63, 3.8) is 0 Å². The number of terminal acetylenes is 1. The Morgan fingerprint density at radius 1 is 1.08 bits per heavy atom. The number of nitrogens with one attached hydrogen (secondary N) is 1. The Morgan fingerprint density at radius 3 is 2.27 bits per heavy atom. The van der Waals surface area contributed by atoms with Gasteiger partial charge in [-0.2, -0.15) is 0 Å². The maximum absolute atomic E-state index is 13.5. The molecule has 4 rings (SSSR count). The predicted octanol–water partition coefficient (Wildman–Crippen LogP) is 8.74. The van der Waals surface area contributed by atoms with Crippen LogP contribution in [-0.2, 0) is 9.53 Å². The first-order valence-electron chi connectivity index (χ1n) is 17.9. The largest absolute Gasteiger partial charge is 0.378 e. The number of carbonyl (C=O) groups excluding carboxylic acids is 3. The van der Waals surface area contributed by atoms with Gasteiger partial charge in [-0.25, -0.2) is 0 Å². The Bertz CT molecular complexity index is 1460. The molecule has 2 fully saturated rings. The monoisotopic (exact) mass is 669 g/mol. The number of hydrogen-bond donors (Lipinski definition) is 1. The van der Waals surface area contributed by atoms with Crippen LogP contribution in [0.3, 0.4) is 0 Å². The zero-order valence-corrected chi connectivity index (χ0v) is 31.3. The van der Waals surface area contributed by atoms with Crippen molar-refractivity contribution in [1.82, 2.24) is 10.2 Å². The highest BCUT2D eigenvalue weighted by Gasteiger charge is 2.43. The van der Waals surface area contributed by atoms with Crippen LogP contribution in [0.1, 0.15) is 133 Å². The van der Waals surface area contributed by atoms with Crippen LogP contribution in [0.5, 0.6) is 0 Å². The molecule has 0 aromatic heterocycles. The van der Waals surface area contributed by atoms with E-state index in [9.17, 15) is 14.4 Å². The third-order valence-electron chi connectivity index (χ3n) is 8.26. The van der Waals surface area contributed by atoms with Crippen molar-refractivity contribution < 1.29 is 19.1 Å². The van der Waals surface area contributed by atoms with Gasteiger partial charge in [0, 0.05) is 48.8 Å². The molecule has 2 unspecified atom stereocenters. The number of rotatable bonds is 10. The minimum atomic E-state index is -0.563. The van der Waals surface area contributed by atoms with Gasteiger partial charge >= 0.3 is 0 Å². The fourth-order valence-electron chi connectivity index (χ4n) is 5.82. The van der Waals surface area contributed by atoms with Crippen LogP contribution in [0, 0.1) is 24.2 Å². The number of carbonyl (C=O) groups is 3. The molecule has 49 heavy (non-hydrogen) atoms. The summed E-state index contributed by atoms with van der Waals surface area (Å²) in [6.07, 6.45) is 18.2. The summed E-state index contributed by atoms with van der Waals surface area (Å²) < 4.78 is 5.54. The molecule has 7 heteroatoms. The standard InChI is InChI=1S/C29H31N3O4.C9H16.2C2H6/c1-6-8-21(7-2)18(3)15-19(4)22-16-23-24(17-26(22)31-11-13-36-14-12-31)29(35)32(28(23)34)25-9-10-27(33)30-20(25)5;1-3-5-7-9-8-6-4-2;2*1-2/h2,6,8,15-17,19,25H,1,5,9-14H2,3-4H3,(H,30,33);3,5,7-9H2,1-2H3;2*1-2H3/b18-15-,21-8-;;;. The average molecular weight is 670 g/mol. The Hall–Kier alpha value is -4.33. The molecular formula is C42H59N3O4. The number of ether oxygens (including phenoxy) is 1. The maximum Gasteiger partial charge on any atom is 0.262 e. The molecule has 2 saturated heterocycles. The zero-order chi connectivity index (χ0) is 36.9. The molecule has 0 saturated carbocycles. The number of allylic oxidation sites excluding steroid dienone is 5. The van der Waals surface area contributed by atoms with Crippen molar-refractivity contribution >= 4 is 23.4 Å². The third kappa shape index (κ3) is 11.9. The number of morpholine rings is 1. The molecular weight excluding hydrogens is 610 g/mol. The van der Waals surface area contributed by atoms with E-state index in [1.54, 1.807) is 12.2 Å². The van der Waals surface area contributed by atoms with Crippen molar-refractivity contribution in [3.8, 4) is 24.2 Å². The highest BCUT2D eigenvalue weighted by atomic mass is 16.5. The van der Waals surface area contributed by atoms with Gasteiger partial charge < -0.3 is 15.0 Å². The number of anilines is 1. The molecule has 3 aliphatic heterocycles. The second-order valence-electron chi connectivity index (χ2n) is 11.5. The Morgan fingerprint density at radius 2 is 1.71 bits per heavy atom. The number of unbranched alkanes of at least 4 members (excludes halogenated alkanes) is 4. The topological polar surface area (TPSA) is 79.0 Å². The van der Waals surface area contributed by atoms with E-state index in [4.69, 9.17) is 11.2 Å². The summed E-state index contributed by atoms with van der Waals surface area (Å²) in [5, 5.41) is 2.68. The van der Waals surface area contributed by atoms with E-state index in [-0.39, 0.29) is 30.1 Å². The first-order valence-corrected chi connectivity index (χ1v) is 17.9. The average Bonchev–Trinajstić information content (AvgIpc) is 3.36. The normalized spacial score (nSPS) is 17.7. The lowest BCUT2D eigenvalue weighted by Crippen LogP contribution is -2.48. The summed E-state index contributed by atoms with van der Waals surface area (Å²) in [6, 6.07) is 3.11. The lowest BCUT2D eigenvalue weighted by atomic mass is 9.91. The van der Waals surface area contributed by atoms with E-state index in [0.29, 0.717) is 49.5 Å². The van der Waals surface area contributed by atoms with Crippen LogP contribution >= 0.6 is 0 Å². The molecule has 1 aromatic carbocycles. The first-order chi connectivity index (χ1) is 23.7.